The van der Waals surface area contributed by atoms with Gasteiger partial charge in [-0.3, -0.25) is 0 Å². The maximum atomic E-state index is 16.5. The standard InChI is InChI=1S/C28H24FN2O2SSe/c1-21-16-18-24(19-17-21)34(32,33)30-31-20-23-12-8-9-15-26(23)28(27(31)22-10-4-2-5-11-22)35(29)25-13-6-3-7-14-25/h2-20,27-28H,1H3/q+1/t27-,28?,35?/m0/s1. The van der Waals surface area contributed by atoms with Gasteiger partial charge in [0.25, 0.3) is 0 Å². The Bertz CT molecular complexity index is 1460. The molecule has 4 aromatic carbocycles. The van der Waals surface area contributed by atoms with Crippen molar-refractivity contribution in [2.24, 2.45) is 0 Å². The summed E-state index contributed by atoms with van der Waals surface area (Å²) in [6, 6.07) is 32.2. The van der Waals surface area contributed by atoms with Gasteiger partial charge in [0.05, 0.1) is 0 Å². The first-order valence-corrected chi connectivity index (χ1v) is 15.1. The van der Waals surface area contributed by atoms with Crippen LogP contribution in [0.4, 0.5) is 3.55 Å². The Hall–Kier alpha value is -3.25. The van der Waals surface area contributed by atoms with Crippen LogP contribution >= 0.6 is 0 Å². The first-order chi connectivity index (χ1) is 16.9. The van der Waals surface area contributed by atoms with E-state index >= 15 is 3.55 Å². The van der Waals surface area contributed by atoms with Crippen LogP contribution in [0.25, 0.3) is 4.83 Å². The van der Waals surface area contributed by atoms with E-state index in [9.17, 15) is 8.42 Å². The molecule has 0 bridgehead atoms. The zero-order chi connectivity index (χ0) is 24.4. The van der Waals surface area contributed by atoms with Gasteiger partial charge < -0.3 is 0 Å². The van der Waals surface area contributed by atoms with Gasteiger partial charge in [-0.2, -0.15) is 0 Å². The normalized spacial score (nSPS) is 18.3. The van der Waals surface area contributed by atoms with Crippen molar-refractivity contribution in [2.45, 2.75) is 22.7 Å². The second-order valence-electron chi connectivity index (χ2n) is 8.38. The molecule has 0 saturated heterocycles. The molecule has 0 aliphatic carbocycles. The molecule has 3 atom stereocenters. The summed E-state index contributed by atoms with van der Waals surface area (Å²) in [6.07, 6.45) is 1.72. The van der Waals surface area contributed by atoms with Crippen molar-refractivity contribution in [1.29, 1.82) is 0 Å². The fraction of sp³-hybridized carbons (Fsp3) is 0.107. The molecule has 35 heavy (non-hydrogen) atoms. The molecule has 0 fully saturated rings. The molecule has 1 heterocycles. The van der Waals surface area contributed by atoms with Crippen LogP contribution in [0.1, 0.15) is 33.1 Å². The zero-order valence-electron chi connectivity index (χ0n) is 19.0. The molecule has 1 aliphatic heterocycles. The van der Waals surface area contributed by atoms with Gasteiger partial charge in [0.2, 0.25) is 0 Å². The van der Waals surface area contributed by atoms with Gasteiger partial charge in [-0.1, -0.05) is 0 Å². The molecule has 5 rings (SSSR count). The summed E-state index contributed by atoms with van der Waals surface area (Å²) in [6.45, 7) is 1.90. The number of hydrogen-bond donors (Lipinski definition) is 0. The molecular formula is C28H24FN2O2SSe+. The summed E-state index contributed by atoms with van der Waals surface area (Å²) in [5, 5.41) is 0. The van der Waals surface area contributed by atoms with E-state index in [1.54, 1.807) is 30.5 Å². The average Bonchev–Trinajstić information content (AvgIpc) is 2.88. The Morgan fingerprint density at radius 1 is 0.800 bits per heavy atom. The van der Waals surface area contributed by atoms with Gasteiger partial charge in [0.15, 0.2) is 0 Å². The van der Waals surface area contributed by atoms with Crippen molar-refractivity contribution in [3.05, 3.63) is 136 Å². The third-order valence-electron chi connectivity index (χ3n) is 6.00. The molecule has 4 aromatic rings. The summed E-state index contributed by atoms with van der Waals surface area (Å²) in [4.78, 5) is 3.80. The summed E-state index contributed by atoms with van der Waals surface area (Å²) in [7, 11) is -4.02. The first-order valence-electron chi connectivity index (χ1n) is 11.2. The molecule has 4 nitrogen and oxygen atoms in total. The van der Waals surface area contributed by atoms with Crippen LogP contribution in [0.15, 0.2) is 114 Å². The van der Waals surface area contributed by atoms with E-state index in [-0.39, 0.29) is 4.90 Å². The molecule has 176 valence electrons. The number of hydrogen-bond acceptors (Lipinski definition) is 2. The molecule has 0 radical (unpaired) electrons. The van der Waals surface area contributed by atoms with Crippen LogP contribution in [-0.4, -0.2) is 33.7 Å². The van der Waals surface area contributed by atoms with Gasteiger partial charge in [0, 0.05) is 0 Å². The van der Waals surface area contributed by atoms with Crippen molar-refractivity contribution < 1.29 is 16.7 Å². The molecule has 0 amide bonds. The van der Waals surface area contributed by atoms with Gasteiger partial charge in [-0.05, 0) is 0 Å². The second kappa shape index (κ2) is 9.78. The van der Waals surface area contributed by atoms with Crippen molar-refractivity contribution in [1.82, 2.24) is 0 Å². The summed E-state index contributed by atoms with van der Waals surface area (Å²) < 4.78 is 45.3. The summed E-state index contributed by atoms with van der Waals surface area (Å²) >= 11 is -2.94. The van der Waals surface area contributed by atoms with E-state index in [4.69, 9.17) is 0 Å². The number of nitrogens with zero attached hydrogens (tertiary/aromatic N) is 2. The quantitative estimate of drug-likeness (QED) is 0.240. The predicted molar refractivity (Wildman–Crippen MR) is 138 cm³/mol. The third kappa shape index (κ3) is 4.80. The van der Waals surface area contributed by atoms with Crippen molar-refractivity contribution >= 4 is 35.1 Å². The topological polar surface area (TPSA) is 51.2 Å². The molecule has 1 aliphatic rings. The zero-order valence-corrected chi connectivity index (χ0v) is 21.6. The Morgan fingerprint density at radius 3 is 2.09 bits per heavy atom. The minimum absolute atomic E-state index is 0.106. The van der Waals surface area contributed by atoms with Crippen LogP contribution in [0.3, 0.4) is 0 Å². The van der Waals surface area contributed by atoms with E-state index in [0.29, 0.717) is 4.46 Å². The second-order valence-corrected chi connectivity index (χ2v) is 13.2. The van der Waals surface area contributed by atoms with E-state index in [1.807, 2.05) is 91.9 Å². The van der Waals surface area contributed by atoms with Crippen molar-refractivity contribution in [3.63, 3.8) is 0 Å². The monoisotopic (exact) mass is 551 g/mol. The SMILES string of the molecule is Cc1ccc(S(=O)(=O)[N-][N+]2=Cc3ccccc3C([Se+](F)c3ccccc3)[C@@H]2c2ccccc2)cc1. The van der Waals surface area contributed by atoms with Crippen molar-refractivity contribution in [3.8, 4) is 0 Å². The molecule has 2 unspecified atom stereocenters. The number of benzene rings is 4. The molecule has 0 spiro atoms. The van der Waals surface area contributed by atoms with Gasteiger partial charge >= 0.3 is 211 Å². The summed E-state index contributed by atoms with van der Waals surface area (Å²) in [5.74, 6) is 0. The number of rotatable bonds is 6. The van der Waals surface area contributed by atoms with E-state index < -0.39 is 35.2 Å². The Balaban J connectivity index is 1.66. The Kier molecular flexibility index (Phi) is 6.56. The van der Waals surface area contributed by atoms with Crippen LogP contribution in [0.5, 0.6) is 0 Å². The Labute approximate surface area is 210 Å². The fourth-order valence-electron chi connectivity index (χ4n) is 4.27. The van der Waals surface area contributed by atoms with Gasteiger partial charge in [-0.25, -0.2) is 0 Å². The number of aryl methyl sites for hydroxylation is 1. The van der Waals surface area contributed by atoms with Crippen LogP contribution in [0, 0.1) is 6.92 Å². The predicted octanol–water partition coefficient (Wildman–Crippen LogP) is 5.35. The van der Waals surface area contributed by atoms with Gasteiger partial charge in [-0.15, -0.1) is 0 Å². The molecule has 0 saturated carbocycles. The third-order valence-corrected chi connectivity index (χ3v) is 10.8. The molecule has 0 aromatic heterocycles. The maximum absolute atomic E-state index is 16.5. The number of fused-ring (bicyclic) bond motifs is 1. The molecule has 7 heteroatoms. The van der Waals surface area contributed by atoms with Crippen LogP contribution in [0.2, 0.25) is 0 Å². The minimum atomic E-state index is -4.02. The van der Waals surface area contributed by atoms with Crippen LogP contribution in [-0.2, 0) is 10.0 Å². The van der Waals surface area contributed by atoms with Crippen molar-refractivity contribution in [2.75, 3.05) is 0 Å². The fourth-order valence-corrected chi connectivity index (χ4v) is 8.72. The van der Waals surface area contributed by atoms with E-state index in [1.165, 1.54) is 4.68 Å². The molecule has 0 N–H and O–H groups in total. The molecular weight excluding hydrogens is 526 g/mol. The van der Waals surface area contributed by atoms with E-state index in [0.717, 1.165) is 22.3 Å². The number of halogens is 1. The average molecular weight is 551 g/mol. The van der Waals surface area contributed by atoms with Crippen LogP contribution < -0.4 is 4.46 Å². The van der Waals surface area contributed by atoms with E-state index in [2.05, 4.69) is 4.83 Å². The number of sulfonamides is 1. The van der Waals surface area contributed by atoms with Gasteiger partial charge in [0.1, 0.15) is 0 Å². The first kappa shape index (κ1) is 23.5. The summed E-state index contributed by atoms with van der Waals surface area (Å²) in [5.41, 5.74) is 3.42. The Morgan fingerprint density at radius 2 is 1.40 bits per heavy atom.